The molecule has 0 saturated heterocycles. The van der Waals surface area contributed by atoms with E-state index in [4.69, 9.17) is 22.7 Å². The first kappa shape index (κ1) is 16.1. The molecule has 1 heterocycles. The summed E-state index contributed by atoms with van der Waals surface area (Å²) in [5, 5.41) is 11.6. The molecule has 0 fully saturated rings. The molecule has 0 spiro atoms. The van der Waals surface area contributed by atoms with Crippen molar-refractivity contribution >= 4 is 36.2 Å². The van der Waals surface area contributed by atoms with Crippen molar-refractivity contribution in [3.63, 3.8) is 0 Å². The number of nitrogens with one attached hydrogen (secondary N) is 2. The Bertz CT molecular complexity index is 589. The third-order valence-corrected chi connectivity index (χ3v) is 2.76. The molecule has 2 aromatic rings. The first-order chi connectivity index (χ1) is 9.15. The lowest BCUT2D eigenvalue weighted by molar-refractivity contribution is 0.798. The highest BCUT2D eigenvalue weighted by Gasteiger charge is 2.00. The number of hydrogen-bond donors (Lipinski definition) is 3. The monoisotopic (exact) mass is 311 g/mol. The Hall–Kier alpha value is -1.98. The molecule has 0 atom stereocenters. The molecule has 7 heteroatoms. The standard InChI is InChI=1S/C13H14ClN5.ClH/c14-11-5-3-10(4-6-11)9-19-7-1-2-12(19)8-17-18-13(15)16;/h1-8H,9H2,(H4,15,16,18);1H/b17-8+;. The highest BCUT2D eigenvalue weighted by atomic mass is 35.5. The summed E-state index contributed by atoms with van der Waals surface area (Å²) in [4.78, 5) is 0. The molecule has 4 N–H and O–H groups in total. The van der Waals surface area contributed by atoms with E-state index in [1.54, 1.807) is 6.21 Å². The number of guanidine groups is 1. The summed E-state index contributed by atoms with van der Waals surface area (Å²) in [6, 6.07) is 11.6. The van der Waals surface area contributed by atoms with Crippen LogP contribution in [0.3, 0.4) is 0 Å². The second-order valence-electron chi connectivity index (χ2n) is 3.97. The summed E-state index contributed by atoms with van der Waals surface area (Å²) in [7, 11) is 0. The van der Waals surface area contributed by atoms with Crippen LogP contribution in [-0.4, -0.2) is 16.7 Å². The van der Waals surface area contributed by atoms with Crippen molar-refractivity contribution in [2.75, 3.05) is 0 Å². The fourth-order valence-electron chi connectivity index (χ4n) is 1.64. The van der Waals surface area contributed by atoms with E-state index >= 15 is 0 Å². The summed E-state index contributed by atoms with van der Waals surface area (Å²) in [5.74, 6) is -0.188. The fourth-order valence-corrected chi connectivity index (χ4v) is 1.77. The number of benzene rings is 1. The van der Waals surface area contributed by atoms with E-state index in [0.29, 0.717) is 0 Å². The predicted molar refractivity (Wildman–Crippen MR) is 84.9 cm³/mol. The molecule has 0 radical (unpaired) electrons. The average Bonchev–Trinajstić information content (AvgIpc) is 2.79. The Morgan fingerprint density at radius 1 is 1.35 bits per heavy atom. The normalized spacial score (nSPS) is 10.2. The van der Waals surface area contributed by atoms with Crippen LogP contribution in [-0.2, 0) is 6.54 Å². The lowest BCUT2D eigenvalue weighted by Gasteiger charge is -2.06. The van der Waals surface area contributed by atoms with Gasteiger partial charge in [-0.25, -0.2) is 5.43 Å². The van der Waals surface area contributed by atoms with Crippen LogP contribution in [0.15, 0.2) is 47.7 Å². The van der Waals surface area contributed by atoms with Gasteiger partial charge in [0.15, 0.2) is 0 Å². The number of hydrazone groups is 1. The van der Waals surface area contributed by atoms with Gasteiger partial charge in [-0.15, -0.1) is 12.4 Å². The van der Waals surface area contributed by atoms with Gasteiger partial charge in [-0.2, -0.15) is 5.10 Å². The van der Waals surface area contributed by atoms with Crippen LogP contribution in [0.1, 0.15) is 11.3 Å². The van der Waals surface area contributed by atoms with Crippen LogP contribution >= 0.6 is 24.0 Å². The van der Waals surface area contributed by atoms with Gasteiger partial charge >= 0.3 is 0 Å². The Labute approximate surface area is 128 Å². The molecule has 0 amide bonds. The molecule has 0 aliphatic carbocycles. The van der Waals surface area contributed by atoms with E-state index in [0.717, 1.165) is 22.8 Å². The zero-order chi connectivity index (χ0) is 13.7. The number of nitrogens with two attached hydrogens (primary N) is 1. The SMILES string of the molecule is Cl.N=C(N)N/N=C/c1cccn1Cc1ccc(Cl)cc1. The Balaban J connectivity index is 0.00000200. The number of hydrogen-bond acceptors (Lipinski definition) is 2. The van der Waals surface area contributed by atoms with Crippen molar-refractivity contribution in [2.45, 2.75) is 6.54 Å². The lowest BCUT2D eigenvalue weighted by atomic mass is 10.2. The maximum absolute atomic E-state index is 7.01. The van der Waals surface area contributed by atoms with Crippen molar-refractivity contribution in [1.82, 2.24) is 9.99 Å². The smallest absolute Gasteiger partial charge is 0.206 e. The molecule has 0 unspecified atom stereocenters. The zero-order valence-corrected chi connectivity index (χ0v) is 12.2. The van der Waals surface area contributed by atoms with Crippen LogP contribution in [0.5, 0.6) is 0 Å². The molecule has 1 aromatic heterocycles. The second-order valence-corrected chi connectivity index (χ2v) is 4.41. The van der Waals surface area contributed by atoms with Gasteiger partial charge in [-0.1, -0.05) is 23.7 Å². The molecule has 0 aliphatic rings. The molecular weight excluding hydrogens is 297 g/mol. The first-order valence-corrected chi connectivity index (χ1v) is 6.05. The molecule has 0 saturated carbocycles. The van der Waals surface area contributed by atoms with E-state index in [-0.39, 0.29) is 18.4 Å². The third kappa shape index (κ3) is 4.60. The Morgan fingerprint density at radius 2 is 2.05 bits per heavy atom. The first-order valence-electron chi connectivity index (χ1n) is 5.68. The molecule has 106 valence electrons. The van der Waals surface area contributed by atoms with Crippen molar-refractivity contribution in [1.29, 1.82) is 5.41 Å². The van der Waals surface area contributed by atoms with E-state index in [2.05, 4.69) is 10.5 Å². The van der Waals surface area contributed by atoms with Gasteiger partial charge in [-0.05, 0) is 29.8 Å². The number of halogens is 2. The van der Waals surface area contributed by atoms with Gasteiger partial charge in [0.2, 0.25) is 5.96 Å². The van der Waals surface area contributed by atoms with Gasteiger partial charge < -0.3 is 10.3 Å². The molecule has 0 aliphatic heterocycles. The predicted octanol–water partition coefficient (Wildman–Crippen LogP) is 2.43. The topological polar surface area (TPSA) is 79.2 Å². The van der Waals surface area contributed by atoms with E-state index in [9.17, 15) is 0 Å². The van der Waals surface area contributed by atoms with Crippen molar-refractivity contribution < 1.29 is 0 Å². The van der Waals surface area contributed by atoms with Gasteiger partial charge in [0.05, 0.1) is 11.9 Å². The van der Waals surface area contributed by atoms with E-state index in [1.165, 1.54) is 0 Å². The number of rotatable bonds is 4. The van der Waals surface area contributed by atoms with Gasteiger partial charge in [0.1, 0.15) is 0 Å². The van der Waals surface area contributed by atoms with Crippen molar-refractivity contribution in [3.05, 3.63) is 58.9 Å². The number of aromatic nitrogens is 1. The van der Waals surface area contributed by atoms with E-state index < -0.39 is 0 Å². The highest BCUT2D eigenvalue weighted by Crippen LogP contribution is 2.11. The van der Waals surface area contributed by atoms with Crippen LogP contribution in [0.25, 0.3) is 0 Å². The highest BCUT2D eigenvalue weighted by molar-refractivity contribution is 6.30. The van der Waals surface area contributed by atoms with Crippen molar-refractivity contribution in [2.24, 2.45) is 10.8 Å². The molecule has 5 nitrogen and oxygen atoms in total. The third-order valence-electron chi connectivity index (χ3n) is 2.51. The maximum atomic E-state index is 7.01. The average molecular weight is 312 g/mol. The van der Waals surface area contributed by atoms with Crippen molar-refractivity contribution in [3.8, 4) is 0 Å². The molecule has 20 heavy (non-hydrogen) atoms. The summed E-state index contributed by atoms with van der Waals surface area (Å²) in [5.41, 5.74) is 9.60. The summed E-state index contributed by atoms with van der Waals surface area (Å²) < 4.78 is 2.04. The largest absolute Gasteiger partial charge is 0.369 e. The summed E-state index contributed by atoms with van der Waals surface area (Å²) in [6.45, 7) is 0.728. The lowest BCUT2D eigenvalue weighted by Crippen LogP contribution is -2.25. The number of nitrogens with zero attached hydrogens (tertiary/aromatic N) is 2. The van der Waals surface area contributed by atoms with Gasteiger partial charge in [0.25, 0.3) is 0 Å². The van der Waals surface area contributed by atoms with E-state index in [1.807, 2.05) is 47.2 Å². The molecule has 2 rings (SSSR count). The van der Waals surface area contributed by atoms with Crippen LogP contribution in [0, 0.1) is 5.41 Å². The quantitative estimate of drug-likeness (QED) is 0.460. The molecular formula is C13H15Cl2N5. The molecule has 1 aromatic carbocycles. The minimum absolute atomic E-state index is 0. The summed E-state index contributed by atoms with van der Waals surface area (Å²) in [6.07, 6.45) is 3.58. The van der Waals surface area contributed by atoms with Gasteiger partial charge in [0, 0.05) is 17.8 Å². The van der Waals surface area contributed by atoms with Crippen LogP contribution in [0.2, 0.25) is 5.02 Å². The van der Waals surface area contributed by atoms with Crippen LogP contribution < -0.4 is 11.2 Å². The molecule has 0 bridgehead atoms. The summed E-state index contributed by atoms with van der Waals surface area (Å²) >= 11 is 5.85. The minimum atomic E-state index is -0.188. The van der Waals surface area contributed by atoms with Gasteiger partial charge in [-0.3, -0.25) is 5.41 Å². The van der Waals surface area contributed by atoms with Crippen LogP contribution in [0.4, 0.5) is 0 Å². The Morgan fingerprint density at radius 3 is 2.70 bits per heavy atom. The maximum Gasteiger partial charge on any atom is 0.206 e. The minimum Gasteiger partial charge on any atom is -0.369 e. The Kier molecular flexibility index (Phi) is 6.09. The second kappa shape index (κ2) is 7.57. The fraction of sp³-hybridized carbons (Fsp3) is 0.0769. The zero-order valence-electron chi connectivity index (χ0n) is 10.6.